The maximum Gasteiger partial charge on any atom is 0.191 e. The second-order valence-corrected chi connectivity index (χ2v) is 7.02. The van der Waals surface area contributed by atoms with Gasteiger partial charge in [-0.15, -0.1) is 35.3 Å². The van der Waals surface area contributed by atoms with Crippen LogP contribution in [0.15, 0.2) is 4.99 Å². The summed E-state index contributed by atoms with van der Waals surface area (Å²) < 4.78 is 0. The zero-order valence-electron chi connectivity index (χ0n) is 13.5. The van der Waals surface area contributed by atoms with E-state index in [0.29, 0.717) is 5.41 Å². The Morgan fingerprint density at radius 1 is 1.33 bits per heavy atom. The van der Waals surface area contributed by atoms with Gasteiger partial charge in [0.1, 0.15) is 0 Å². The number of aliphatic imine (C=N–C) groups is 1. The van der Waals surface area contributed by atoms with Gasteiger partial charge in [-0.3, -0.25) is 4.99 Å². The van der Waals surface area contributed by atoms with Gasteiger partial charge in [-0.1, -0.05) is 13.3 Å². The number of aromatic nitrogens is 1. The van der Waals surface area contributed by atoms with Gasteiger partial charge in [-0.25, -0.2) is 4.98 Å². The normalized spacial score (nSPS) is 16.9. The summed E-state index contributed by atoms with van der Waals surface area (Å²) in [4.78, 5) is 10.1. The molecule has 0 unspecified atom stereocenters. The average molecular weight is 422 g/mol. The molecule has 6 heteroatoms. The summed E-state index contributed by atoms with van der Waals surface area (Å²) in [5, 5.41) is 8.00. The molecule has 0 aromatic carbocycles. The molecule has 1 aliphatic rings. The van der Waals surface area contributed by atoms with E-state index in [1.807, 2.05) is 7.05 Å². The zero-order chi connectivity index (χ0) is 14.6. The number of halogens is 1. The fourth-order valence-electron chi connectivity index (χ4n) is 2.73. The predicted molar refractivity (Wildman–Crippen MR) is 102 cm³/mol. The van der Waals surface area contributed by atoms with Crippen LogP contribution in [-0.2, 0) is 6.54 Å². The van der Waals surface area contributed by atoms with Gasteiger partial charge in [-0.05, 0) is 38.5 Å². The third-order valence-corrected chi connectivity index (χ3v) is 5.51. The van der Waals surface area contributed by atoms with Crippen LogP contribution in [-0.4, -0.2) is 24.5 Å². The Hall–Kier alpha value is -0.370. The van der Waals surface area contributed by atoms with Gasteiger partial charge in [0.25, 0.3) is 0 Å². The molecule has 21 heavy (non-hydrogen) atoms. The van der Waals surface area contributed by atoms with Crippen LogP contribution in [0.1, 0.15) is 48.2 Å². The summed E-state index contributed by atoms with van der Waals surface area (Å²) in [6.07, 6.45) is 5.33. The summed E-state index contributed by atoms with van der Waals surface area (Å²) in [6, 6.07) is 0. The zero-order valence-corrected chi connectivity index (χ0v) is 16.6. The van der Waals surface area contributed by atoms with Gasteiger partial charge in [0, 0.05) is 18.5 Å². The van der Waals surface area contributed by atoms with Crippen LogP contribution in [0.5, 0.6) is 0 Å². The molecular formula is C15H27IN4S. The number of nitrogens with zero attached hydrogens (tertiary/aromatic N) is 2. The van der Waals surface area contributed by atoms with E-state index < -0.39 is 0 Å². The molecule has 2 N–H and O–H groups in total. The molecule has 0 spiro atoms. The molecule has 0 bridgehead atoms. The second kappa shape index (κ2) is 8.31. The smallest absolute Gasteiger partial charge is 0.191 e. The summed E-state index contributed by atoms with van der Waals surface area (Å²) >= 11 is 1.75. The number of rotatable bonds is 5. The molecule has 0 amide bonds. The third-order valence-electron chi connectivity index (χ3n) is 4.43. The molecule has 2 rings (SSSR count). The van der Waals surface area contributed by atoms with E-state index in [9.17, 15) is 0 Å². The Kier molecular flexibility index (Phi) is 7.39. The minimum absolute atomic E-state index is 0. The molecule has 1 aromatic heterocycles. The first-order valence-corrected chi connectivity index (χ1v) is 8.27. The van der Waals surface area contributed by atoms with E-state index in [2.05, 4.69) is 41.4 Å². The SMILES string of the molecule is CCC1(CNC(=NC)NCc2sc(C)nc2C)CCC1.I. The van der Waals surface area contributed by atoms with Crippen LogP contribution in [0, 0.1) is 19.3 Å². The highest BCUT2D eigenvalue weighted by atomic mass is 127. The van der Waals surface area contributed by atoms with Crippen molar-refractivity contribution in [1.82, 2.24) is 15.6 Å². The average Bonchev–Trinajstić information content (AvgIpc) is 2.70. The van der Waals surface area contributed by atoms with Crippen molar-refractivity contribution in [2.45, 2.75) is 53.0 Å². The van der Waals surface area contributed by atoms with Gasteiger partial charge in [-0.2, -0.15) is 0 Å². The van der Waals surface area contributed by atoms with Crippen molar-refractivity contribution in [3.8, 4) is 0 Å². The number of aryl methyl sites for hydroxylation is 2. The van der Waals surface area contributed by atoms with Crippen LogP contribution < -0.4 is 10.6 Å². The first-order valence-electron chi connectivity index (χ1n) is 7.46. The van der Waals surface area contributed by atoms with E-state index >= 15 is 0 Å². The van der Waals surface area contributed by atoms with Gasteiger partial charge < -0.3 is 10.6 Å². The van der Waals surface area contributed by atoms with Crippen LogP contribution in [0.25, 0.3) is 0 Å². The van der Waals surface area contributed by atoms with Crippen LogP contribution in [0.2, 0.25) is 0 Å². The van der Waals surface area contributed by atoms with Crippen molar-refractivity contribution >= 4 is 41.3 Å². The molecular weight excluding hydrogens is 395 g/mol. The molecule has 1 fully saturated rings. The molecule has 0 atom stereocenters. The molecule has 4 nitrogen and oxygen atoms in total. The maximum atomic E-state index is 4.45. The molecule has 1 saturated carbocycles. The lowest BCUT2D eigenvalue weighted by Gasteiger charge is -2.41. The van der Waals surface area contributed by atoms with E-state index in [0.717, 1.165) is 29.8 Å². The van der Waals surface area contributed by atoms with E-state index in [-0.39, 0.29) is 24.0 Å². The van der Waals surface area contributed by atoms with Crippen molar-refractivity contribution in [2.24, 2.45) is 10.4 Å². The second-order valence-electron chi connectivity index (χ2n) is 5.73. The van der Waals surface area contributed by atoms with Gasteiger partial charge in [0.05, 0.1) is 17.2 Å². The molecule has 1 heterocycles. The number of hydrogen-bond donors (Lipinski definition) is 2. The summed E-state index contributed by atoms with van der Waals surface area (Å²) in [5.74, 6) is 0.898. The van der Waals surface area contributed by atoms with Crippen molar-refractivity contribution < 1.29 is 0 Å². The van der Waals surface area contributed by atoms with E-state index in [4.69, 9.17) is 0 Å². The molecule has 1 aromatic rings. The van der Waals surface area contributed by atoms with Crippen molar-refractivity contribution in [1.29, 1.82) is 0 Å². The Balaban J connectivity index is 0.00000220. The lowest BCUT2D eigenvalue weighted by molar-refractivity contribution is 0.131. The first-order chi connectivity index (χ1) is 9.58. The van der Waals surface area contributed by atoms with Gasteiger partial charge >= 0.3 is 0 Å². The largest absolute Gasteiger partial charge is 0.356 e. The molecule has 0 radical (unpaired) electrons. The van der Waals surface area contributed by atoms with Crippen LogP contribution >= 0.6 is 35.3 Å². The van der Waals surface area contributed by atoms with E-state index in [1.165, 1.54) is 30.6 Å². The monoisotopic (exact) mass is 422 g/mol. The highest BCUT2D eigenvalue weighted by Crippen LogP contribution is 2.42. The van der Waals surface area contributed by atoms with Crippen LogP contribution in [0.3, 0.4) is 0 Å². The van der Waals surface area contributed by atoms with Crippen molar-refractivity contribution in [3.63, 3.8) is 0 Å². The Labute approximate surface area is 149 Å². The molecule has 0 saturated heterocycles. The molecule has 120 valence electrons. The van der Waals surface area contributed by atoms with Crippen molar-refractivity contribution in [3.05, 3.63) is 15.6 Å². The lowest BCUT2D eigenvalue weighted by atomic mass is 9.67. The first kappa shape index (κ1) is 18.7. The molecule has 0 aliphatic heterocycles. The van der Waals surface area contributed by atoms with Gasteiger partial charge in [0.2, 0.25) is 0 Å². The minimum Gasteiger partial charge on any atom is -0.356 e. The number of hydrogen-bond acceptors (Lipinski definition) is 3. The highest BCUT2D eigenvalue weighted by Gasteiger charge is 2.34. The van der Waals surface area contributed by atoms with Crippen molar-refractivity contribution in [2.75, 3.05) is 13.6 Å². The number of guanidine groups is 1. The third kappa shape index (κ3) is 4.81. The number of thiazole rings is 1. The quantitative estimate of drug-likeness (QED) is 0.433. The standard InChI is InChI=1S/C15H26N4S.HI/c1-5-15(7-6-8-15)10-18-14(16-4)17-9-13-11(2)19-12(3)20-13;/h5-10H2,1-4H3,(H2,16,17,18);1H. The Bertz CT molecular complexity index is 475. The predicted octanol–water partition coefficient (Wildman–Crippen LogP) is 3.62. The Morgan fingerprint density at radius 2 is 2.05 bits per heavy atom. The van der Waals surface area contributed by atoms with Gasteiger partial charge in [0.15, 0.2) is 5.96 Å². The van der Waals surface area contributed by atoms with E-state index in [1.54, 1.807) is 11.3 Å². The summed E-state index contributed by atoms with van der Waals surface area (Å²) in [5.41, 5.74) is 1.63. The molecule has 1 aliphatic carbocycles. The fraction of sp³-hybridized carbons (Fsp3) is 0.733. The fourth-order valence-corrected chi connectivity index (χ4v) is 3.60. The topological polar surface area (TPSA) is 49.3 Å². The summed E-state index contributed by atoms with van der Waals surface area (Å²) in [6.45, 7) is 8.24. The summed E-state index contributed by atoms with van der Waals surface area (Å²) in [7, 11) is 1.83. The Morgan fingerprint density at radius 3 is 2.48 bits per heavy atom. The van der Waals surface area contributed by atoms with Crippen LogP contribution in [0.4, 0.5) is 0 Å². The minimum atomic E-state index is 0. The lowest BCUT2D eigenvalue weighted by Crippen LogP contribution is -2.46. The highest BCUT2D eigenvalue weighted by molar-refractivity contribution is 14.0. The maximum absolute atomic E-state index is 4.45. The number of nitrogens with one attached hydrogen (secondary N) is 2.